The molecule has 0 aliphatic carbocycles. The summed E-state index contributed by atoms with van der Waals surface area (Å²) in [6.07, 6.45) is 0. The van der Waals surface area contributed by atoms with Crippen LogP contribution in [0.2, 0.25) is 0 Å². The van der Waals surface area contributed by atoms with Gasteiger partial charge in [-0.25, -0.2) is 4.39 Å². The van der Waals surface area contributed by atoms with Crippen molar-refractivity contribution in [2.24, 2.45) is 0 Å². The molecule has 0 aliphatic heterocycles. The van der Waals surface area contributed by atoms with Gasteiger partial charge in [-0.05, 0) is 24.3 Å². The molecule has 2 amide bonds. The minimum Gasteiger partial charge on any atom is -0.455 e. The van der Waals surface area contributed by atoms with Crippen LogP contribution in [0.25, 0.3) is 0 Å². The molecule has 0 fully saturated rings. The van der Waals surface area contributed by atoms with Gasteiger partial charge in [0, 0.05) is 13.1 Å². The summed E-state index contributed by atoms with van der Waals surface area (Å²) in [5.41, 5.74) is 0.0763. The van der Waals surface area contributed by atoms with Crippen LogP contribution in [0, 0.1) is 5.82 Å². The summed E-state index contributed by atoms with van der Waals surface area (Å²) in [5, 5.41) is 4.49. The van der Waals surface area contributed by atoms with Crippen molar-refractivity contribution in [1.82, 2.24) is 5.32 Å². The second kappa shape index (κ2) is 6.51. The molecule has 0 aliphatic rings. The smallest absolute Gasteiger partial charge is 0.313 e. The van der Waals surface area contributed by atoms with E-state index >= 15 is 0 Å². The zero-order chi connectivity index (χ0) is 15.2. The maximum atomic E-state index is 13.3. The van der Waals surface area contributed by atoms with Gasteiger partial charge < -0.3 is 15.4 Å². The van der Waals surface area contributed by atoms with E-state index in [1.807, 2.05) is 6.07 Å². The first-order valence-electron chi connectivity index (χ1n) is 6.15. The van der Waals surface area contributed by atoms with Crippen LogP contribution in [0.3, 0.4) is 0 Å². The molecule has 0 aromatic heterocycles. The zero-order valence-corrected chi connectivity index (χ0v) is 11.2. The average Bonchev–Trinajstić information content (AvgIpc) is 2.50. The molecule has 2 aromatic carbocycles. The molecule has 21 heavy (non-hydrogen) atoms. The van der Waals surface area contributed by atoms with E-state index in [9.17, 15) is 14.0 Å². The highest BCUT2D eigenvalue weighted by atomic mass is 19.1. The van der Waals surface area contributed by atoms with Gasteiger partial charge in [-0.2, -0.15) is 0 Å². The molecular weight excluding hydrogens is 275 g/mol. The van der Waals surface area contributed by atoms with E-state index in [4.69, 9.17) is 4.74 Å². The number of anilines is 1. The van der Waals surface area contributed by atoms with Gasteiger partial charge in [0.2, 0.25) is 0 Å². The van der Waals surface area contributed by atoms with E-state index in [0.29, 0.717) is 5.75 Å². The SMILES string of the molecule is CNC(=O)C(=O)Nc1cc(F)ccc1Oc1ccccc1. The number of halogens is 1. The van der Waals surface area contributed by atoms with Crippen LogP contribution in [0.1, 0.15) is 0 Å². The molecule has 2 aromatic rings. The standard InChI is InChI=1S/C15H13FN2O3/c1-17-14(19)15(20)18-12-9-10(16)7-8-13(12)21-11-5-3-2-4-6-11/h2-9H,1H3,(H,17,19)(H,18,20). The maximum absolute atomic E-state index is 13.3. The summed E-state index contributed by atoms with van der Waals surface area (Å²) in [6.45, 7) is 0. The number of nitrogens with one attached hydrogen (secondary N) is 2. The minimum atomic E-state index is -0.902. The normalized spacial score (nSPS) is 9.81. The van der Waals surface area contributed by atoms with Crippen LogP contribution in [-0.4, -0.2) is 18.9 Å². The fraction of sp³-hybridized carbons (Fsp3) is 0.0667. The molecule has 6 heteroatoms. The molecule has 108 valence electrons. The third-order valence-electron chi connectivity index (χ3n) is 2.59. The molecule has 0 saturated carbocycles. The molecule has 0 atom stereocenters. The van der Waals surface area contributed by atoms with Gasteiger partial charge in [0.25, 0.3) is 0 Å². The van der Waals surface area contributed by atoms with Crippen molar-refractivity contribution in [1.29, 1.82) is 0 Å². The molecule has 2 N–H and O–H groups in total. The van der Waals surface area contributed by atoms with E-state index in [2.05, 4.69) is 10.6 Å². The third-order valence-corrected chi connectivity index (χ3v) is 2.59. The Labute approximate surface area is 120 Å². The second-order valence-electron chi connectivity index (χ2n) is 4.09. The van der Waals surface area contributed by atoms with Crippen molar-refractivity contribution in [3.05, 3.63) is 54.3 Å². The summed E-state index contributed by atoms with van der Waals surface area (Å²) in [7, 11) is 1.33. The number of likely N-dealkylation sites (N-methyl/N-ethyl adjacent to an activating group) is 1. The van der Waals surface area contributed by atoms with Crippen molar-refractivity contribution < 1.29 is 18.7 Å². The van der Waals surface area contributed by atoms with Crippen LogP contribution >= 0.6 is 0 Å². The first-order valence-corrected chi connectivity index (χ1v) is 6.15. The lowest BCUT2D eigenvalue weighted by Gasteiger charge is -2.12. The number of amides is 2. The number of hydrogen-bond acceptors (Lipinski definition) is 3. The monoisotopic (exact) mass is 288 g/mol. The number of rotatable bonds is 3. The predicted octanol–water partition coefficient (Wildman–Crippen LogP) is 2.30. The van der Waals surface area contributed by atoms with E-state index < -0.39 is 17.6 Å². The van der Waals surface area contributed by atoms with Gasteiger partial charge in [0.1, 0.15) is 11.6 Å². The molecule has 2 rings (SSSR count). The van der Waals surface area contributed by atoms with E-state index in [0.717, 1.165) is 6.07 Å². The number of para-hydroxylation sites is 1. The summed E-state index contributed by atoms with van der Waals surface area (Å²) < 4.78 is 18.9. The Kier molecular flexibility index (Phi) is 4.50. The van der Waals surface area contributed by atoms with Gasteiger partial charge >= 0.3 is 11.8 Å². The van der Waals surface area contributed by atoms with Gasteiger partial charge in [-0.3, -0.25) is 9.59 Å². The van der Waals surface area contributed by atoms with Crippen molar-refractivity contribution in [3.63, 3.8) is 0 Å². The maximum Gasteiger partial charge on any atom is 0.313 e. The Balaban J connectivity index is 2.25. The molecule has 0 bridgehead atoms. The average molecular weight is 288 g/mol. The molecule has 0 saturated heterocycles. The number of carbonyl (C=O) groups is 2. The topological polar surface area (TPSA) is 67.4 Å². The first kappa shape index (κ1) is 14.5. The predicted molar refractivity (Wildman–Crippen MR) is 75.6 cm³/mol. The molecular formula is C15H13FN2O3. The Morgan fingerprint density at radius 1 is 1.05 bits per heavy atom. The Hall–Kier alpha value is -2.89. The molecule has 0 radical (unpaired) electrons. The molecule has 0 heterocycles. The summed E-state index contributed by atoms with van der Waals surface area (Å²) in [5.74, 6) is -1.52. The number of hydrogen-bond donors (Lipinski definition) is 2. The van der Waals surface area contributed by atoms with Crippen molar-refractivity contribution in [2.45, 2.75) is 0 Å². The van der Waals surface area contributed by atoms with E-state index in [1.165, 1.54) is 19.2 Å². The van der Waals surface area contributed by atoms with Gasteiger partial charge in [-0.15, -0.1) is 0 Å². The highest BCUT2D eigenvalue weighted by Crippen LogP contribution is 2.30. The van der Waals surface area contributed by atoms with E-state index in [-0.39, 0.29) is 11.4 Å². The summed E-state index contributed by atoms with van der Waals surface area (Å²) >= 11 is 0. The molecule has 0 unspecified atom stereocenters. The Bertz CT molecular complexity index is 659. The fourth-order valence-electron chi connectivity index (χ4n) is 1.60. The van der Waals surface area contributed by atoms with Crippen LogP contribution in [0.5, 0.6) is 11.5 Å². The largest absolute Gasteiger partial charge is 0.455 e. The fourth-order valence-corrected chi connectivity index (χ4v) is 1.60. The molecule has 0 spiro atoms. The minimum absolute atomic E-state index is 0.0763. The summed E-state index contributed by atoms with van der Waals surface area (Å²) in [4.78, 5) is 22.8. The quantitative estimate of drug-likeness (QED) is 0.852. The van der Waals surface area contributed by atoms with Gasteiger partial charge in [0.05, 0.1) is 5.69 Å². The molecule has 5 nitrogen and oxygen atoms in total. The third kappa shape index (κ3) is 3.79. The van der Waals surface area contributed by atoms with Crippen molar-refractivity contribution >= 4 is 17.5 Å². The zero-order valence-electron chi connectivity index (χ0n) is 11.2. The lowest BCUT2D eigenvalue weighted by molar-refractivity contribution is -0.135. The van der Waals surface area contributed by atoms with Gasteiger partial charge in [0.15, 0.2) is 5.75 Å². The number of ether oxygens (including phenoxy) is 1. The van der Waals surface area contributed by atoms with E-state index in [1.54, 1.807) is 24.3 Å². The van der Waals surface area contributed by atoms with Crippen LogP contribution in [0.15, 0.2) is 48.5 Å². The Morgan fingerprint density at radius 2 is 1.76 bits per heavy atom. The summed E-state index contributed by atoms with van der Waals surface area (Å²) in [6, 6.07) is 12.5. The van der Waals surface area contributed by atoms with Gasteiger partial charge in [-0.1, -0.05) is 18.2 Å². The van der Waals surface area contributed by atoms with Crippen molar-refractivity contribution in [2.75, 3.05) is 12.4 Å². The lowest BCUT2D eigenvalue weighted by Crippen LogP contribution is -2.32. The van der Waals surface area contributed by atoms with Crippen LogP contribution < -0.4 is 15.4 Å². The van der Waals surface area contributed by atoms with Crippen LogP contribution in [-0.2, 0) is 9.59 Å². The number of benzene rings is 2. The first-order chi connectivity index (χ1) is 10.1. The second-order valence-corrected chi connectivity index (χ2v) is 4.09. The highest BCUT2D eigenvalue weighted by molar-refractivity contribution is 6.39. The Morgan fingerprint density at radius 3 is 2.43 bits per heavy atom. The highest BCUT2D eigenvalue weighted by Gasteiger charge is 2.15. The van der Waals surface area contributed by atoms with Crippen LogP contribution in [0.4, 0.5) is 10.1 Å². The lowest BCUT2D eigenvalue weighted by atomic mass is 10.2. The number of carbonyl (C=O) groups excluding carboxylic acids is 2. The van der Waals surface area contributed by atoms with Crippen molar-refractivity contribution in [3.8, 4) is 11.5 Å².